The van der Waals surface area contributed by atoms with Gasteiger partial charge in [-0.25, -0.2) is 0 Å². The molecule has 0 aromatic heterocycles. The zero-order valence-electron chi connectivity index (χ0n) is 16.2. The maximum Gasteiger partial charge on any atom is 0.248 e. The van der Waals surface area contributed by atoms with Gasteiger partial charge in [0.25, 0.3) is 0 Å². The Morgan fingerprint density at radius 2 is 1.92 bits per heavy atom. The number of likely N-dealkylation sites (N-methyl/N-ethyl adjacent to an activating group) is 1. The van der Waals surface area contributed by atoms with Crippen molar-refractivity contribution in [1.29, 1.82) is 0 Å². The summed E-state index contributed by atoms with van der Waals surface area (Å²) >= 11 is 0. The van der Waals surface area contributed by atoms with Gasteiger partial charge in [-0.15, -0.1) is 0 Å². The Labute approximate surface area is 155 Å². The number of carbonyl (C=O) groups excluding carboxylic acids is 3. The van der Waals surface area contributed by atoms with E-state index in [-0.39, 0.29) is 35.8 Å². The Bertz CT molecular complexity index is 569. The molecule has 1 spiro atoms. The average Bonchev–Trinajstić information content (AvgIpc) is 2.60. The number of nitrogens with zero attached hydrogens (tertiary/aromatic N) is 3. The van der Waals surface area contributed by atoms with E-state index in [4.69, 9.17) is 4.74 Å². The summed E-state index contributed by atoms with van der Waals surface area (Å²) in [4.78, 5) is 42.2. The maximum absolute atomic E-state index is 13.0. The Hall–Kier alpha value is -1.63. The van der Waals surface area contributed by atoms with E-state index in [1.165, 1.54) is 0 Å². The fourth-order valence-corrected chi connectivity index (χ4v) is 4.32. The Morgan fingerprint density at radius 1 is 1.23 bits per heavy atom. The molecule has 26 heavy (non-hydrogen) atoms. The molecule has 0 aliphatic carbocycles. The lowest BCUT2D eigenvalue weighted by atomic mass is 9.88. The number of hydrogen-bond acceptors (Lipinski definition) is 4. The Kier molecular flexibility index (Phi) is 5.55. The third-order valence-electron chi connectivity index (χ3n) is 5.87. The number of carbonyl (C=O) groups is 3. The zero-order chi connectivity index (χ0) is 18.9. The summed E-state index contributed by atoms with van der Waals surface area (Å²) in [6.07, 6.45) is 2.65. The minimum atomic E-state index is -0.300. The summed E-state index contributed by atoms with van der Waals surface area (Å²) in [6, 6.07) is 0. The van der Waals surface area contributed by atoms with E-state index >= 15 is 0 Å². The van der Waals surface area contributed by atoms with Crippen LogP contribution in [0.3, 0.4) is 0 Å². The number of piperidine rings is 2. The Balaban J connectivity index is 1.55. The molecule has 1 unspecified atom stereocenters. The lowest BCUT2D eigenvalue weighted by molar-refractivity contribution is -0.172. The molecular formula is C19H31N3O4. The number of morpholine rings is 1. The third kappa shape index (κ3) is 4.03. The maximum atomic E-state index is 13.0. The van der Waals surface area contributed by atoms with Crippen molar-refractivity contribution in [2.75, 3.05) is 46.4 Å². The van der Waals surface area contributed by atoms with Gasteiger partial charge in [0.15, 0.2) is 0 Å². The van der Waals surface area contributed by atoms with E-state index in [0.29, 0.717) is 44.9 Å². The summed E-state index contributed by atoms with van der Waals surface area (Å²) in [5, 5.41) is 0. The lowest BCUT2D eigenvalue weighted by Gasteiger charge is -2.47. The molecule has 7 heteroatoms. The zero-order valence-corrected chi connectivity index (χ0v) is 16.2. The first-order valence-electron chi connectivity index (χ1n) is 9.74. The molecule has 3 fully saturated rings. The van der Waals surface area contributed by atoms with Crippen molar-refractivity contribution in [1.82, 2.24) is 14.7 Å². The minimum absolute atomic E-state index is 0.0197. The number of likely N-dealkylation sites (tertiary alicyclic amines) is 2. The second-order valence-electron chi connectivity index (χ2n) is 8.47. The van der Waals surface area contributed by atoms with Crippen LogP contribution in [-0.2, 0) is 19.1 Å². The summed E-state index contributed by atoms with van der Waals surface area (Å²) in [7, 11) is 1.81. The van der Waals surface area contributed by atoms with E-state index < -0.39 is 0 Å². The average molecular weight is 365 g/mol. The third-order valence-corrected chi connectivity index (χ3v) is 5.87. The molecule has 146 valence electrons. The number of rotatable bonds is 3. The van der Waals surface area contributed by atoms with Crippen LogP contribution in [0.2, 0.25) is 0 Å². The molecule has 3 amide bonds. The van der Waals surface area contributed by atoms with Crippen molar-refractivity contribution in [3.8, 4) is 0 Å². The summed E-state index contributed by atoms with van der Waals surface area (Å²) in [6.45, 7) is 7.52. The number of ether oxygens (including phenoxy) is 1. The molecule has 0 bridgehead atoms. The molecule has 3 aliphatic heterocycles. The molecule has 3 aliphatic rings. The number of amides is 3. The number of hydrogen-bond donors (Lipinski definition) is 0. The molecule has 3 rings (SSSR count). The van der Waals surface area contributed by atoms with Gasteiger partial charge in [0, 0.05) is 46.2 Å². The van der Waals surface area contributed by atoms with Gasteiger partial charge in [-0.2, -0.15) is 0 Å². The van der Waals surface area contributed by atoms with Gasteiger partial charge in [0.05, 0.1) is 11.5 Å². The smallest absolute Gasteiger partial charge is 0.248 e. The van der Waals surface area contributed by atoms with Gasteiger partial charge in [-0.3, -0.25) is 14.4 Å². The van der Waals surface area contributed by atoms with E-state index in [9.17, 15) is 14.4 Å². The van der Waals surface area contributed by atoms with Gasteiger partial charge in [0.2, 0.25) is 17.7 Å². The first kappa shape index (κ1) is 19.1. The Morgan fingerprint density at radius 3 is 2.54 bits per heavy atom. The molecule has 0 aromatic carbocycles. The molecule has 1 atom stereocenters. The summed E-state index contributed by atoms with van der Waals surface area (Å²) in [5.74, 6) is 0.680. The van der Waals surface area contributed by atoms with Crippen LogP contribution in [0.4, 0.5) is 0 Å². The van der Waals surface area contributed by atoms with Crippen molar-refractivity contribution < 1.29 is 19.1 Å². The molecular weight excluding hydrogens is 334 g/mol. The molecule has 7 nitrogen and oxygen atoms in total. The van der Waals surface area contributed by atoms with E-state index in [0.717, 1.165) is 19.4 Å². The van der Waals surface area contributed by atoms with Gasteiger partial charge < -0.3 is 19.4 Å². The molecule has 0 radical (unpaired) electrons. The predicted molar refractivity (Wildman–Crippen MR) is 96.3 cm³/mol. The minimum Gasteiger partial charge on any atom is -0.363 e. The van der Waals surface area contributed by atoms with Gasteiger partial charge in [-0.1, -0.05) is 13.8 Å². The molecule has 0 N–H and O–H groups in total. The van der Waals surface area contributed by atoms with Crippen LogP contribution in [0.15, 0.2) is 0 Å². The highest BCUT2D eigenvalue weighted by atomic mass is 16.5. The fraction of sp³-hybridized carbons (Fsp3) is 0.842. The van der Waals surface area contributed by atoms with Crippen molar-refractivity contribution in [3.05, 3.63) is 0 Å². The molecule has 0 saturated carbocycles. The van der Waals surface area contributed by atoms with Crippen LogP contribution in [0.1, 0.15) is 39.5 Å². The van der Waals surface area contributed by atoms with E-state index in [1.54, 1.807) is 4.90 Å². The largest absolute Gasteiger partial charge is 0.363 e. The summed E-state index contributed by atoms with van der Waals surface area (Å²) in [5.41, 5.74) is -0.300. The van der Waals surface area contributed by atoms with Gasteiger partial charge in [-0.05, 0) is 25.2 Å². The predicted octanol–water partition coefficient (Wildman–Crippen LogP) is 0.731. The topological polar surface area (TPSA) is 70.2 Å². The lowest BCUT2D eigenvalue weighted by Crippen LogP contribution is -2.59. The van der Waals surface area contributed by atoms with E-state index in [1.807, 2.05) is 16.8 Å². The normalized spacial score (nSPS) is 26.8. The van der Waals surface area contributed by atoms with Crippen LogP contribution in [-0.4, -0.2) is 84.4 Å². The van der Waals surface area contributed by atoms with Crippen LogP contribution in [0.25, 0.3) is 0 Å². The van der Waals surface area contributed by atoms with Gasteiger partial charge >= 0.3 is 0 Å². The second-order valence-corrected chi connectivity index (χ2v) is 8.47. The van der Waals surface area contributed by atoms with Crippen molar-refractivity contribution >= 4 is 17.7 Å². The monoisotopic (exact) mass is 365 g/mol. The molecule has 3 heterocycles. The highest BCUT2D eigenvalue weighted by Gasteiger charge is 2.43. The van der Waals surface area contributed by atoms with Crippen molar-refractivity contribution in [3.63, 3.8) is 0 Å². The second kappa shape index (κ2) is 7.55. The van der Waals surface area contributed by atoms with Crippen LogP contribution >= 0.6 is 0 Å². The van der Waals surface area contributed by atoms with Crippen molar-refractivity contribution in [2.24, 2.45) is 11.8 Å². The van der Waals surface area contributed by atoms with Crippen molar-refractivity contribution in [2.45, 2.75) is 45.1 Å². The van der Waals surface area contributed by atoms with Crippen LogP contribution < -0.4 is 0 Å². The van der Waals surface area contributed by atoms with Crippen LogP contribution in [0, 0.1) is 11.8 Å². The fourth-order valence-electron chi connectivity index (χ4n) is 4.32. The standard InChI is InChI=1S/C19H31N3O4/c1-14(2)10-22-11-15(4-5-16(22)23)18(25)21-8-6-19(7-9-21)13-20(3)17(24)12-26-19/h14-15H,4-13H2,1-3H3. The highest BCUT2D eigenvalue weighted by molar-refractivity contribution is 5.84. The first-order chi connectivity index (χ1) is 12.3. The molecule has 3 saturated heterocycles. The quantitative estimate of drug-likeness (QED) is 0.739. The first-order valence-corrected chi connectivity index (χ1v) is 9.74. The SMILES string of the molecule is CC(C)CN1CC(C(=O)N2CCC3(CC2)CN(C)C(=O)CO3)CCC1=O. The molecule has 0 aromatic rings. The van der Waals surface area contributed by atoms with Gasteiger partial charge in [0.1, 0.15) is 6.61 Å². The summed E-state index contributed by atoms with van der Waals surface area (Å²) < 4.78 is 5.86. The van der Waals surface area contributed by atoms with Crippen LogP contribution in [0.5, 0.6) is 0 Å². The highest BCUT2D eigenvalue weighted by Crippen LogP contribution is 2.31. The van der Waals surface area contributed by atoms with E-state index in [2.05, 4.69) is 13.8 Å².